The SMILES string of the molecule is O=C(CSc1nnc(-c2ccccc2)o1)Nc1cc(Cl)ccc1N1CCOCC1. The molecule has 1 aromatic heterocycles. The van der Waals surface area contributed by atoms with Gasteiger partial charge in [-0.2, -0.15) is 0 Å². The second-order valence-electron chi connectivity index (χ2n) is 6.34. The van der Waals surface area contributed by atoms with E-state index in [-0.39, 0.29) is 11.7 Å². The van der Waals surface area contributed by atoms with Crippen LogP contribution in [0.1, 0.15) is 0 Å². The van der Waals surface area contributed by atoms with Crippen molar-refractivity contribution in [1.29, 1.82) is 0 Å². The average molecular weight is 431 g/mol. The minimum atomic E-state index is -0.175. The van der Waals surface area contributed by atoms with E-state index in [0.717, 1.165) is 24.3 Å². The van der Waals surface area contributed by atoms with E-state index in [4.69, 9.17) is 20.8 Å². The largest absolute Gasteiger partial charge is 0.411 e. The summed E-state index contributed by atoms with van der Waals surface area (Å²) in [5.41, 5.74) is 2.45. The quantitative estimate of drug-likeness (QED) is 0.593. The highest BCUT2D eigenvalue weighted by Gasteiger charge is 2.17. The topological polar surface area (TPSA) is 80.5 Å². The minimum Gasteiger partial charge on any atom is -0.411 e. The second kappa shape index (κ2) is 9.30. The molecule has 1 fully saturated rings. The fraction of sp³-hybridized carbons (Fsp3) is 0.250. The zero-order valence-electron chi connectivity index (χ0n) is 15.5. The number of thioether (sulfide) groups is 1. The summed E-state index contributed by atoms with van der Waals surface area (Å²) >= 11 is 7.33. The van der Waals surface area contributed by atoms with Crippen LogP contribution >= 0.6 is 23.4 Å². The smallest absolute Gasteiger partial charge is 0.277 e. The van der Waals surface area contributed by atoms with Crippen LogP contribution in [0, 0.1) is 0 Å². The summed E-state index contributed by atoms with van der Waals surface area (Å²) < 4.78 is 11.0. The number of aromatic nitrogens is 2. The Balaban J connectivity index is 1.39. The van der Waals surface area contributed by atoms with E-state index in [1.165, 1.54) is 11.8 Å². The van der Waals surface area contributed by atoms with E-state index < -0.39 is 0 Å². The fourth-order valence-corrected chi connectivity index (χ4v) is 3.70. The molecule has 9 heteroatoms. The maximum atomic E-state index is 12.5. The van der Waals surface area contributed by atoms with Crippen molar-refractivity contribution in [1.82, 2.24) is 10.2 Å². The number of hydrogen-bond donors (Lipinski definition) is 1. The number of benzene rings is 2. The molecule has 2 aromatic carbocycles. The predicted octanol–water partition coefficient (Wildman–Crippen LogP) is 3.96. The third-order valence-electron chi connectivity index (χ3n) is 4.34. The van der Waals surface area contributed by atoms with Crippen molar-refractivity contribution in [3.05, 3.63) is 53.6 Å². The Morgan fingerprint density at radius 3 is 2.72 bits per heavy atom. The van der Waals surface area contributed by atoms with Gasteiger partial charge in [0.25, 0.3) is 5.22 Å². The van der Waals surface area contributed by atoms with Gasteiger partial charge < -0.3 is 19.4 Å². The van der Waals surface area contributed by atoms with Crippen LogP contribution in [-0.2, 0) is 9.53 Å². The summed E-state index contributed by atoms with van der Waals surface area (Å²) in [5.74, 6) is 0.398. The van der Waals surface area contributed by atoms with Crippen LogP contribution in [0.3, 0.4) is 0 Å². The van der Waals surface area contributed by atoms with Crippen molar-refractivity contribution in [2.45, 2.75) is 5.22 Å². The number of carbonyl (C=O) groups excluding carboxylic acids is 1. The Labute approximate surface area is 177 Å². The Hall–Kier alpha value is -2.55. The van der Waals surface area contributed by atoms with E-state index in [1.807, 2.05) is 42.5 Å². The Morgan fingerprint density at radius 1 is 1.14 bits per heavy atom. The van der Waals surface area contributed by atoms with Gasteiger partial charge in [0.2, 0.25) is 11.8 Å². The highest BCUT2D eigenvalue weighted by Crippen LogP contribution is 2.30. The van der Waals surface area contributed by atoms with Gasteiger partial charge >= 0.3 is 0 Å². The molecule has 0 aliphatic carbocycles. The van der Waals surface area contributed by atoms with Crippen LogP contribution in [0.2, 0.25) is 5.02 Å². The monoisotopic (exact) mass is 430 g/mol. The molecule has 1 saturated heterocycles. The number of hydrogen-bond acceptors (Lipinski definition) is 7. The van der Waals surface area contributed by atoms with Gasteiger partial charge in [0.05, 0.1) is 30.3 Å². The van der Waals surface area contributed by atoms with Crippen molar-refractivity contribution in [3.8, 4) is 11.5 Å². The van der Waals surface area contributed by atoms with E-state index in [2.05, 4.69) is 20.4 Å². The Morgan fingerprint density at radius 2 is 1.93 bits per heavy atom. The zero-order chi connectivity index (χ0) is 20.1. The van der Waals surface area contributed by atoms with Crippen LogP contribution in [0.5, 0.6) is 0 Å². The highest BCUT2D eigenvalue weighted by atomic mass is 35.5. The van der Waals surface area contributed by atoms with Crippen molar-refractivity contribution < 1.29 is 13.9 Å². The maximum absolute atomic E-state index is 12.5. The summed E-state index contributed by atoms with van der Waals surface area (Å²) in [7, 11) is 0. The predicted molar refractivity (Wildman–Crippen MR) is 114 cm³/mol. The van der Waals surface area contributed by atoms with Crippen LogP contribution in [0.25, 0.3) is 11.5 Å². The van der Waals surface area contributed by atoms with Gasteiger partial charge in [0.15, 0.2) is 0 Å². The standard InChI is InChI=1S/C20H19ClN4O3S/c21-15-6-7-17(25-8-10-27-11-9-25)16(12-15)22-18(26)13-29-20-24-23-19(28-20)14-4-2-1-3-5-14/h1-7,12H,8-11,13H2,(H,22,26). The van der Waals surface area contributed by atoms with Crippen molar-refractivity contribution in [3.63, 3.8) is 0 Å². The van der Waals surface area contributed by atoms with Gasteiger partial charge in [-0.1, -0.05) is 41.6 Å². The second-order valence-corrected chi connectivity index (χ2v) is 7.70. The first-order valence-corrected chi connectivity index (χ1v) is 10.5. The molecule has 0 radical (unpaired) electrons. The van der Waals surface area contributed by atoms with Gasteiger partial charge in [0, 0.05) is 23.7 Å². The molecule has 29 heavy (non-hydrogen) atoms. The number of amides is 1. The van der Waals surface area contributed by atoms with Crippen LogP contribution in [-0.4, -0.2) is 48.2 Å². The summed E-state index contributed by atoms with van der Waals surface area (Å²) in [6.45, 7) is 2.85. The lowest BCUT2D eigenvalue weighted by Gasteiger charge is -2.30. The van der Waals surface area contributed by atoms with Crippen LogP contribution in [0.15, 0.2) is 58.2 Å². The molecule has 1 N–H and O–H groups in total. The van der Waals surface area contributed by atoms with E-state index in [1.54, 1.807) is 6.07 Å². The van der Waals surface area contributed by atoms with Crippen molar-refractivity contribution in [2.24, 2.45) is 0 Å². The number of morpholine rings is 1. The summed E-state index contributed by atoms with van der Waals surface area (Å²) in [5, 5.41) is 11.9. The summed E-state index contributed by atoms with van der Waals surface area (Å²) in [6, 6.07) is 15.0. The fourth-order valence-electron chi connectivity index (χ4n) is 2.97. The van der Waals surface area contributed by atoms with Crippen molar-refractivity contribution in [2.75, 3.05) is 42.3 Å². The molecule has 4 rings (SSSR count). The first kappa shape index (κ1) is 19.8. The van der Waals surface area contributed by atoms with Gasteiger partial charge in [-0.25, -0.2) is 0 Å². The first-order valence-electron chi connectivity index (χ1n) is 9.13. The van der Waals surface area contributed by atoms with Crippen molar-refractivity contribution >= 4 is 40.6 Å². The van der Waals surface area contributed by atoms with E-state index >= 15 is 0 Å². The molecule has 0 atom stereocenters. The molecule has 3 aromatic rings. The summed E-state index contributed by atoms with van der Waals surface area (Å²) in [6.07, 6.45) is 0. The molecule has 7 nitrogen and oxygen atoms in total. The normalized spacial score (nSPS) is 14.0. The van der Waals surface area contributed by atoms with Gasteiger partial charge in [0.1, 0.15) is 0 Å². The lowest BCUT2D eigenvalue weighted by Crippen LogP contribution is -2.36. The number of anilines is 2. The molecule has 1 aliphatic rings. The number of nitrogens with one attached hydrogen (secondary N) is 1. The number of ether oxygens (including phenoxy) is 1. The van der Waals surface area contributed by atoms with Gasteiger partial charge in [-0.3, -0.25) is 4.79 Å². The third kappa shape index (κ3) is 5.09. The third-order valence-corrected chi connectivity index (χ3v) is 5.39. The van der Waals surface area contributed by atoms with Gasteiger partial charge in [-0.15, -0.1) is 10.2 Å². The van der Waals surface area contributed by atoms with Gasteiger partial charge in [-0.05, 0) is 30.3 Å². The zero-order valence-corrected chi connectivity index (χ0v) is 17.1. The minimum absolute atomic E-state index is 0.144. The number of carbonyl (C=O) groups is 1. The molecule has 1 aliphatic heterocycles. The number of rotatable bonds is 6. The molecule has 0 saturated carbocycles. The maximum Gasteiger partial charge on any atom is 0.277 e. The first-order chi connectivity index (χ1) is 14.2. The van der Waals surface area contributed by atoms with Crippen LogP contribution in [0.4, 0.5) is 11.4 Å². The van der Waals surface area contributed by atoms with E-state index in [0.29, 0.717) is 35.0 Å². The van der Waals surface area contributed by atoms with E-state index in [9.17, 15) is 4.79 Å². The lowest BCUT2D eigenvalue weighted by atomic mass is 10.2. The average Bonchev–Trinajstić information content (AvgIpc) is 3.23. The molecular formula is C20H19ClN4O3S. The van der Waals surface area contributed by atoms with Crippen LogP contribution < -0.4 is 10.2 Å². The summed E-state index contributed by atoms with van der Waals surface area (Å²) in [4.78, 5) is 14.7. The molecule has 0 spiro atoms. The molecule has 1 amide bonds. The number of halogens is 1. The highest BCUT2D eigenvalue weighted by molar-refractivity contribution is 7.99. The molecule has 2 heterocycles. The Kier molecular flexibility index (Phi) is 6.33. The molecule has 150 valence electrons. The number of nitrogens with zero attached hydrogens (tertiary/aromatic N) is 3. The molecule has 0 bridgehead atoms. The Bertz CT molecular complexity index is 977. The molecular weight excluding hydrogens is 412 g/mol. The molecule has 0 unspecified atom stereocenters. The lowest BCUT2D eigenvalue weighted by molar-refractivity contribution is -0.113.